The van der Waals surface area contributed by atoms with Crippen molar-refractivity contribution in [3.63, 3.8) is 0 Å². The number of nitrogens with zero attached hydrogens (tertiary/aromatic N) is 2. The molecule has 0 saturated heterocycles. The topological polar surface area (TPSA) is 122 Å². The molecule has 7 heteroatoms. The molecule has 1 aromatic rings. The summed E-state index contributed by atoms with van der Waals surface area (Å²) in [5.41, 5.74) is 7.90. The molecule has 0 radical (unpaired) electrons. The smallest absolute Gasteiger partial charge is 0.223 e. The van der Waals surface area contributed by atoms with Crippen LogP contribution in [0.2, 0.25) is 0 Å². The van der Waals surface area contributed by atoms with Gasteiger partial charge < -0.3 is 21.6 Å². The van der Waals surface area contributed by atoms with Gasteiger partial charge in [0.2, 0.25) is 5.95 Å². The van der Waals surface area contributed by atoms with Crippen LogP contribution in [0, 0.1) is 5.92 Å². The van der Waals surface area contributed by atoms with Crippen LogP contribution in [0.3, 0.4) is 0 Å². The van der Waals surface area contributed by atoms with E-state index in [1.54, 1.807) is 6.07 Å². The summed E-state index contributed by atoms with van der Waals surface area (Å²) in [6, 6.07) is 1.62. The Balaban J connectivity index is 2.54. The lowest BCUT2D eigenvalue weighted by Gasteiger charge is -2.14. The van der Waals surface area contributed by atoms with Crippen LogP contribution in [-0.2, 0) is 0 Å². The number of nitrogen functional groups attached to an aromatic ring is 2. The van der Waals surface area contributed by atoms with E-state index in [1.807, 2.05) is 0 Å². The lowest BCUT2D eigenvalue weighted by molar-refractivity contribution is 0.161. The first kappa shape index (κ1) is 13.5. The summed E-state index contributed by atoms with van der Waals surface area (Å²) in [6.07, 6.45) is 0.315. The fourth-order valence-corrected chi connectivity index (χ4v) is 1.48. The van der Waals surface area contributed by atoms with Crippen molar-refractivity contribution in [2.75, 3.05) is 23.0 Å². The van der Waals surface area contributed by atoms with Crippen LogP contribution in [0.15, 0.2) is 6.07 Å². The van der Waals surface area contributed by atoms with Gasteiger partial charge in [-0.1, -0.05) is 13.8 Å². The highest BCUT2D eigenvalue weighted by atomic mass is 16.3. The van der Waals surface area contributed by atoms with Gasteiger partial charge in [-0.05, 0) is 12.3 Å². The molecule has 0 aliphatic carbocycles. The lowest BCUT2D eigenvalue weighted by atomic mass is 10.1. The molecule has 0 spiro atoms. The van der Waals surface area contributed by atoms with Crippen LogP contribution < -0.4 is 22.3 Å². The zero-order chi connectivity index (χ0) is 12.8. The number of rotatable bonds is 6. The standard InChI is InChI=1S/C10H20N6O/c1-6(2)3-7(17)5-13-8-4-9(16-12)15-10(11)14-8/h4,6-7,17H,3,5,12H2,1-2H3,(H4,11,13,14,15,16). The summed E-state index contributed by atoms with van der Waals surface area (Å²) in [7, 11) is 0. The molecule has 0 aliphatic rings. The molecule has 0 aromatic carbocycles. The average Bonchev–Trinajstić information content (AvgIpc) is 2.24. The number of aromatic nitrogens is 2. The van der Waals surface area contributed by atoms with Crippen LogP contribution in [0.1, 0.15) is 20.3 Å². The molecule has 0 amide bonds. The third-order valence-electron chi connectivity index (χ3n) is 2.15. The van der Waals surface area contributed by atoms with E-state index in [1.165, 1.54) is 0 Å². The molecule has 96 valence electrons. The number of hydrazine groups is 1. The van der Waals surface area contributed by atoms with Gasteiger partial charge in [0, 0.05) is 12.6 Å². The highest BCUT2D eigenvalue weighted by molar-refractivity contribution is 5.50. The van der Waals surface area contributed by atoms with Crippen LogP contribution in [0.5, 0.6) is 0 Å². The Bertz CT molecular complexity index is 357. The number of hydrogen-bond donors (Lipinski definition) is 5. The van der Waals surface area contributed by atoms with Crippen molar-refractivity contribution < 1.29 is 5.11 Å². The van der Waals surface area contributed by atoms with Gasteiger partial charge in [0.05, 0.1) is 6.10 Å². The molecule has 0 fully saturated rings. The molecule has 1 atom stereocenters. The van der Waals surface area contributed by atoms with Crippen molar-refractivity contribution >= 4 is 17.6 Å². The maximum Gasteiger partial charge on any atom is 0.223 e. The minimum atomic E-state index is -0.416. The SMILES string of the molecule is CC(C)CC(O)CNc1cc(NN)nc(N)n1. The molecule has 0 aliphatic heterocycles. The predicted octanol–water partition coefficient (Wildman–Crippen LogP) is 0.163. The minimum Gasteiger partial charge on any atom is -0.391 e. The van der Waals surface area contributed by atoms with Gasteiger partial charge in [-0.3, -0.25) is 0 Å². The summed E-state index contributed by atoms with van der Waals surface area (Å²) >= 11 is 0. The number of aliphatic hydroxyl groups is 1. The molecule has 0 bridgehead atoms. The fourth-order valence-electron chi connectivity index (χ4n) is 1.48. The molecular weight excluding hydrogens is 220 g/mol. The molecular formula is C10H20N6O. The van der Waals surface area contributed by atoms with Crippen molar-refractivity contribution in [1.82, 2.24) is 9.97 Å². The first-order chi connectivity index (χ1) is 8.01. The number of hydrogen-bond acceptors (Lipinski definition) is 7. The van der Waals surface area contributed by atoms with Crippen molar-refractivity contribution in [3.05, 3.63) is 6.07 Å². The molecule has 7 nitrogen and oxygen atoms in total. The number of nitrogens with two attached hydrogens (primary N) is 2. The van der Waals surface area contributed by atoms with Gasteiger partial charge in [0.25, 0.3) is 0 Å². The van der Waals surface area contributed by atoms with Crippen LogP contribution >= 0.6 is 0 Å². The molecule has 0 saturated carbocycles. The summed E-state index contributed by atoms with van der Waals surface area (Å²) in [6.45, 7) is 4.53. The van der Waals surface area contributed by atoms with E-state index in [9.17, 15) is 5.11 Å². The second-order valence-electron chi connectivity index (χ2n) is 4.31. The van der Waals surface area contributed by atoms with E-state index in [-0.39, 0.29) is 5.95 Å². The van der Waals surface area contributed by atoms with Crippen molar-refractivity contribution in [1.29, 1.82) is 0 Å². The Morgan fingerprint density at radius 2 is 2.00 bits per heavy atom. The van der Waals surface area contributed by atoms with Crippen LogP contribution in [-0.4, -0.2) is 27.7 Å². The van der Waals surface area contributed by atoms with E-state index in [0.717, 1.165) is 6.42 Å². The number of anilines is 3. The largest absolute Gasteiger partial charge is 0.391 e. The Hall–Kier alpha value is -1.60. The van der Waals surface area contributed by atoms with Gasteiger partial charge in [-0.15, -0.1) is 0 Å². The minimum absolute atomic E-state index is 0.126. The third kappa shape index (κ3) is 4.83. The van der Waals surface area contributed by atoms with Crippen molar-refractivity contribution in [2.24, 2.45) is 11.8 Å². The average molecular weight is 240 g/mol. The summed E-state index contributed by atoms with van der Waals surface area (Å²) in [5, 5.41) is 12.7. The second kappa shape index (κ2) is 6.21. The normalized spacial score (nSPS) is 12.5. The Morgan fingerprint density at radius 1 is 1.35 bits per heavy atom. The highest BCUT2D eigenvalue weighted by Gasteiger charge is 2.08. The van der Waals surface area contributed by atoms with E-state index in [4.69, 9.17) is 11.6 Å². The van der Waals surface area contributed by atoms with E-state index < -0.39 is 6.10 Å². The van der Waals surface area contributed by atoms with Gasteiger partial charge in [-0.25, -0.2) is 5.84 Å². The number of nitrogens with one attached hydrogen (secondary N) is 2. The molecule has 7 N–H and O–H groups in total. The fraction of sp³-hybridized carbons (Fsp3) is 0.600. The van der Waals surface area contributed by atoms with Gasteiger partial charge >= 0.3 is 0 Å². The van der Waals surface area contributed by atoms with Gasteiger partial charge in [0.1, 0.15) is 11.6 Å². The molecule has 1 rings (SSSR count). The number of aliphatic hydroxyl groups excluding tert-OH is 1. The highest BCUT2D eigenvalue weighted by Crippen LogP contribution is 2.12. The zero-order valence-electron chi connectivity index (χ0n) is 10.1. The molecule has 1 unspecified atom stereocenters. The quantitative estimate of drug-likeness (QED) is 0.354. The van der Waals surface area contributed by atoms with Crippen molar-refractivity contribution in [2.45, 2.75) is 26.4 Å². The van der Waals surface area contributed by atoms with Gasteiger partial charge in [0.15, 0.2) is 0 Å². The third-order valence-corrected chi connectivity index (χ3v) is 2.15. The lowest BCUT2D eigenvalue weighted by Crippen LogP contribution is -2.22. The maximum absolute atomic E-state index is 9.70. The monoisotopic (exact) mass is 240 g/mol. The Morgan fingerprint density at radius 3 is 2.59 bits per heavy atom. The Labute approximate surface area is 101 Å². The Kier molecular flexibility index (Phi) is 4.92. The zero-order valence-corrected chi connectivity index (χ0v) is 10.1. The second-order valence-corrected chi connectivity index (χ2v) is 4.31. The molecule has 17 heavy (non-hydrogen) atoms. The van der Waals surface area contributed by atoms with E-state index in [0.29, 0.717) is 24.1 Å². The molecule has 1 aromatic heterocycles. The van der Waals surface area contributed by atoms with Gasteiger partial charge in [-0.2, -0.15) is 9.97 Å². The summed E-state index contributed by atoms with van der Waals surface area (Å²) in [5.74, 6) is 6.77. The van der Waals surface area contributed by atoms with Crippen LogP contribution in [0.4, 0.5) is 17.6 Å². The van der Waals surface area contributed by atoms with E-state index >= 15 is 0 Å². The predicted molar refractivity (Wildman–Crippen MR) is 68.2 cm³/mol. The maximum atomic E-state index is 9.70. The van der Waals surface area contributed by atoms with Crippen LogP contribution in [0.25, 0.3) is 0 Å². The summed E-state index contributed by atoms with van der Waals surface area (Å²) in [4.78, 5) is 7.84. The first-order valence-corrected chi connectivity index (χ1v) is 5.54. The molecule has 1 heterocycles. The van der Waals surface area contributed by atoms with E-state index in [2.05, 4.69) is 34.6 Å². The summed E-state index contributed by atoms with van der Waals surface area (Å²) < 4.78 is 0. The first-order valence-electron chi connectivity index (χ1n) is 5.54. The van der Waals surface area contributed by atoms with Crippen molar-refractivity contribution in [3.8, 4) is 0 Å².